The van der Waals surface area contributed by atoms with E-state index in [0.29, 0.717) is 12.1 Å². The highest BCUT2D eigenvalue weighted by Gasteiger charge is 2.30. The second kappa shape index (κ2) is 5.67. The molecule has 2 aromatic rings. The van der Waals surface area contributed by atoms with Crippen LogP contribution in [0.3, 0.4) is 0 Å². The summed E-state index contributed by atoms with van der Waals surface area (Å²) in [5, 5.41) is 2.32. The molecule has 0 heterocycles. The van der Waals surface area contributed by atoms with Gasteiger partial charge in [-0.15, -0.1) is 0 Å². The minimum absolute atomic E-state index is 0.188. The van der Waals surface area contributed by atoms with Gasteiger partial charge in [0, 0.05) is 18.7 Å². The van der Waals surface area contributed by atoms with E-state index in [-0.39, 0.29) is 12.1 Å². The molecule has 1 nitrogen and oxygen atoms in total. The second-order valence-electron chi connectivity index (χ2n) is 4.30. The molecule has 0 aliphatic heterocycles. The fourth-order valence-corrected chi connectivity index (χ4v) is 1.76. The predicted molar refractivity (Wildman–Crippen MR) is 65.1 cm³/mol. The monoisotopic (exact) mass is 305 g/mol. The van der Waals surface area contributed by atoms with Crippen molar-refractivity contribution < 1.29 is 26.3 Å². The van der Waals surface area contributed by atoms with Crippen LogP contribution in [0.15, 0.2) is 36.4 Å². The number of rotatable bonds is 3. The SMILES string of the molecule is Fc1cc(F)c(NCc2cccc(C(F)(F)F)c2)c(F)c1. The Morgan fingerprint density at radius 1 is 0.905 bits per heavy atom. The van der Waals surface area contributed by atoms with Gasteiger partial charge in [-0.3, -0.25) is 0 Å². The Balaban J connectivity index is 2.18. The van der Waals surface area contributed by atoms with Gasteiger partial charge in [-0.2, -0.15) is 13.2 Å². The number of halogens is 6. The molecule has 21 heavy (non-hydrogen) atoms. The van der Waals surface area contributed by atoms with Crippen molar-refractivity contribution in [2.45, 2.75) is 12.7 Å². The summed E-state index contributed by atoms with van der Waals surface area (Å²) in [4.78, 5) is 0. The zero-order valence-electron chi connectivity index (χ0n) is 10.4. The molecule has 0 aromatic heterocycles. The minimum atomic E-state index is -4.50. The summed E-state index contributed by atoms with van der Waals surface area (Å²) < 4.78 is 77.0. The van der Waals surface area contributed by atoms with Gasteiger partial charge in [-0.05, 0) is 17.7 Å². The lowest BCUT2D eigenvalue weighted by Crippen LogP contribution is -2.08. The van der Waals surface area contributed by atoms with E-state index in [1.165, 1.54) is 12.1 Å². The Morgan fingerprint density at radius 3 is 2.10 bits per heavy atom. The molecule has 7 heteroatoms. The molecule has 0 amide bonds. The molecule has 0 radical (unpaired) electrons. The maximum Gasteiger partial charge on any atom is 0.416 e. The molecule has 112 valence electrons. The van der Waals surface area contributed by atoms with Crippen LogP contribution in [0.2, 0.25) is 0 Å². The Bertz CT molecular complexity index is 627. The van der Waals surface area contributed by atoms with Crippen LogP contribution < -0.4 is 5.32 Å². The third-order valence-corrected chi connectivity index (χ3v) is 2.73. The van der Waals surface area contributed by atoms with E-state index < -0.39 is 34.9 Å². The fraction of sp³-hybridized carbons (Fsp3) is 0.143. The Kier molecular flexibility index (Phi) is 4.11. The maximum atomic E-state index is 13.4. The molecule has 1 N–H and O–H groups in total. The minimum Gasteiger partial charge on any atom is -0.376 e. The first-order chi connectivity index (χ1) is 9.77. The first-order valence-electron chi connectivity index (χ1n) is 5.82. The molecule has 0 saturated heterocycles. The van der Waals surface area contributed by atoms with Gasteiger partial charge in [0.2, 0.25) is 0 Å². The highest BCUT2D eigenvalue weighted by molar-refractivity contribution is 5.47. The van der Waals surface area contributed by atoms with Crippen molar-refractivity contribution in [3.8, 4) is 0 Å². The van der Waals surface area contributed by atoms with Gasteiger partial charge in [0.1, 0.15) is 11.5 Å². The summed E-state index contributed by atoms with van der Waals surface area (Å²) in [6.07, 6.45) is -4.50. The van der Waals surface area contributed by atoms with Crippen LogP contribution in [0, 0.1) is 17.5 Å². The van der Waals surface area contributed by atoms with E-state index in [9.17, 15) is 26.3 Å². The highest BCUT2D eigenvalue weighted by Crippen LogP contribution is 2.30. The number of nitrogens with one attached hydrogen (secondary N) is 1. The second-order valence-corrected chi connectivity index (χ2v) is 4.30. The zero-order valence-corrected chi connectivity index (χ0v) is 10.4. The number of benzene rings is 2. The maximum absolute atomic E-state index is 13.4. The Morgan fingerprint density at radius 2 is 1.52 bits per heavy atom. The van der Waals surface area contributed by atoms with Crippen molar-refractivity contribution in [3.63, 3.8) is 0 Å². The van der Waals surface area contributed by atoms with Crippen molar-refractivity contribution in [1.29, 1.82) is 0 Å². The molecule has 0 atom stereocenters. The van der Waals surface area contributed by atoms with Gasteiger partial charge >= 0.3 is 6.18 Å². The Labute approximate surface area is 116 Å². The average Bonchev–Trinajstić information content (AvgIpc) is 2.36. The molecule has 2 aromatic carbocycles. The van der Waals surface area contributed by atoms with Crippen molar-refractivity contribution in [1.82, 2.24) is 0 Å². The molecule has 2 rings (SSSR count). The normalized spacial score (nSPS) is 11.5. The number of hydrogen-bond donors (Lipinski definition) is 1. The first-order valence-corrected chi connectivity index (χ1v) is 5.82. The first kappa shape index (κ1) is 15.2. The van der Waals surface area contributed by atoms with Crippen LogP contribution in [-0.2, 0) is 12.7 Å². The van der Waals surface area contributed by atoms with Gasteiger partial charge in [-0.25, -0.2) is 13.2 Å². The van der Waals surface area contributed by atoms with Crippen LogP contribution >= 0.6 is 0 Å². The van der Waals surface area contributed by atoms with Gasteiger partial charge in [0.15, 0.2) is 11.6 Å². The standard InChI is InChI=1S/C14H9F6N/c15-10-5-11(16)13(12(17)6-10)21-7-8-2-1-3-9(4-8)14(18,19)20/h1-6,21H,7H2. The lowest BCUT2D eigenvalue weighted by Gasteiger charge is -2.11. The van der Waals surface area contributed by atoms with Gasteiger partial charge in [0.05, 0.1) is 5.56 Å². The highest BCUT2D eigenvalue weighted by atomic mass is 19.4. The quantitative estimate of drug-likeness (QED) is 0.808. The molecule has 0 bridgehead atoms. The summed E-state index contributed by atoms with van der Waals surface area (Å²) in [5.41, 5.74) is -1.26. The lowest BCUT2D eigenvalue weighted by molar-refractivity contribution is -0.137. The van der Waals surface area contributed by atoms with Crippen LogP contribution in [0.4, 0.5) is 32.0 Å². The summed E-state index contributed by atoms with van der Waals surface area (Å²) in [6, 6.07) is 5.29. The largest absolute Gasteiger partial charge is 0.416 e. The number of alkyl halides is 3. The topological polar surface area (TPSA) is 12.0 Å². The smallest absolute Gasteiger partial charge is 0.376 e. The Hall–Kier alpha value is -2.18. The van der Waals surface area contributed by atoms with E-state index >= 15 is 0 Å². The van der Waals surface area contributed by atoms with Crippen molar-refractivity contribution in [2.24, 2.45) is 0 Å². The summed E-state index contributed by atoms with van der Waals surface area (Å²) >= 11 is 0. The molecule has 0 saturated carbocycles. The summed E-state index contributed by atoms with van der Waals surface area (Å²) in [5.74, 6) is -3.38. The van der Waals surface area contributed by atoms with E-state index in [4.69, 9.17) is 0 Å². The molecular weight excluding hydrogens is 296 g/mol. The van der Waals surface area contributed by atoms with Gasteiger partial charge in [0.25, 0.3) is 0 Å². The zero-order chi connectivity index (χ0) is 15.6. The predicted octanol–water partition coefficient (Wildman–Crippen LogP) is 4.73. The van der Waals surface area contributed by atoms with E-state index in [2.05, 4.69) is 5.32 Å². The van der Waals surface area contributed by atoms with Crippen LogP contribution in [0.25, 0.3) is 0 Å². The third kappa shape index (κ3) is 3.68. The van der Waals surface area contributed by atoms with E-state index in [1.54, 1.807) is 0 Å². The molecule has 0 unspecified atom stereocenters. The lowest BCUT2D eigenvalue weighted by atomic mass is 10.1. The molecule has 0 aliphatic rings. The van der Waals surface area contributed by atoms with Crippen LogP contribution in [-0.4, -0.2) is 0 Å². The summed E-state index contributed by atoms with van der Waals surface area (Å²) in [6.45, 7) is -0.233. The van der Waals surface area contributed by atoms with Gasteiger partial charge < -0.3 is 5.32 Å². The van der Waals surface area contributed by atoms with Crippen LogP contribution in [0.1, 0.15) is 11.1 Å². The molecule has 0 fully saturated rings. The average molecular weight is 305 g/mol. The summed E-state index contributed by atoms with van der Waals surface area (Å²) in [7, 11) is 0. The molecule has 0 aliphatic carbocycles. The van der Waals surface area contributed by atoms with Crippen LogP contribution in [0.5, 0.6) is 0 Å². The molecule has 0 spiro atoms. The van der Waals surface area contributed by atoms with Crippen molar-refractivity contribution in [3.05, 3.63) is 65.0 Å². The van der Waals surface area contributed by atoms with Crippen molar-refractivity contribution >= 4 is 5.69 Å². The third-order valence-electron chi connectivity index (χ3n) is 2.73. The number of anilines is 1. The number of hydrogen-bond acceptors (Lipinski definition) is 1. The molecular formula is C14H9F6N. The van der Waals surface area contributed by atoms with Crippen molar-refractivity contribution in [2.75, 3.05) is 5.32 Å². The van der Waals surface area contributed by atoms with Gasteiger partial charge in [-0.1, -0.05) is 12.1 Å². The fourth-order valence-electron chi connectivity index (χ4n) is 1.76. The van der Waals surface area contributed by atoms with E-state index in [0.717, 1.165) is 12.1 Å². The van der Waals surface area contributed by atoms with E-state index in [1.807, 2.05) is 0 Å².